The van der Waals surface area contributed by atoms with Crippen LogP contribution in [-0.2, 0) is 37.4 Å². The minimum absolute atomic E-state index is 0.0106. The van der Waals surface area contributed by atoms with Crippen molar-refractivity contribution in [1.29, 1.82) is 0 Å². The van der Waals surface area contributed by atoms with Gasteiger partial charge in [0, 0.05) is 12.8 Å². The van der Waals surface area contributed by atoms with E-state index in [4.69, 9.17) is 23.3 Å². The third-order valence-electron chi connectivity index (χ3n) is 9.14. The van der Waals surface area contributed by atoms with E-state index >= 15 is 0 Å². The average molecular weight is 821 g/mol. The summed E-state index contributed by atoms with van der Waals surface area (Å²) in [5.41, 5.74) is 0. The highest BCUT2D eigenvalue weighted by Gasteiger charge is 2.37. The first kappa shape index (κ1) is 52.4. The Labute approximate surface area is 346 Å². The Kier molecular flexibility index (Phi) is 31.5. The van der Waals surface area contributed by atoms with Gasteiger partial charge in [-0.15, -0.1) is 0 Å². The summed E-state index contributed by atoms with van der Waals surface area (Å²) in [5.74, 6) is -0.903. The van der Waals surface area contributed by atoms with Crippen molar-refractivity contribution in [1.82, 2.24) is 0 Å². The summed E-state index contributed by atoms with van der Waals surface area (Å²) in [4.78, 5) is 35.5. The Morgan fingerprint density at radius 1 is 0.667 bits per heavy atom. The Balaban J connectivity index is 2.37. The van der Waals surface area contributed by atoms with Gasteiger partial charge in [0.1, 0.15) is 19.8 Å². The third kappa shape index (κ3) is 35.1. The molecule has 1 fully saturated rings. The lowest BCUT2D eigenvalue weighted by atomic mass is 10.1. The number of rotatable bonds is 37. The van der Waals surface area contributed by atoms with E-state index in [2.05, 4.69) is 86.8 Å². The lowest BCUT2D eigenvalue weighted by Gasteiger charge is -2.24. The number of phosphoric acid groups is 1. The first-order valence-electron chi connectivity index (χ1n) is 21.8. The van der Waals surface area contributed by atoms with Crippen molar-refractivity contribution in [3.8, 4) is 0 Å². The summed E-state index contributed by atoms with van der Waals surface area (Å²) in [6, 6.07) is 0. The highest BCUT2D eigenvalue weighted by atomic mass is 31.2. The molecule has 0 bridgehead atoms. The molecular weight excluding hydrogens is 741 g/mol. The molecule has 0 spiro atoms. The topological polar surface area (TPSA) is 121 Å². The van der Waals surface area contributed by atoms with Crippen molar-refractivity contribution >= 4 is 19.8 Å². The van der Waals surface area contributed by atoms with Crippen LogP contribution in [0.4, 0.5) is 0 Å². The molecule has 0 saturated carbocycles. The van der Waals surface area contributed by atoms with Gasteiger partial charge in [-0.2, -0.15) is 0 Å². The van der Waals surface area contributed by atoms with E-state index in [1.807, 2.05) is 21.1 Å². The van der Waals surface area contributed by atoms with Gasteiger partial charge in [-0.1, -0.05) is 119 Å². The fourth-order valence-corrected chi connectivity index (χ4v) is 6.38. The molecule has 0 aromatic heterocycles. The van der Waals surface area contributed by atoms with Gasteiger partial charge in [0.25, 0.3) is 0 Å². The molecule has 1 aliphatic heterocycles. The molecule has 0 aromatic rings. The standard InChI is InChI=1S/C46H78NO9P/c1-6-8-10-12-14-16-18-20-21-22-24-26-28-30-32-36-45(48)52-40-42(41-54-57(50,51)53-39-38-47(3,4)5)55-46(49)37-33-35-44-43(56-44)34-31-29-27-25-23-19-17-15-13-11-9-7-2/h8,10,14-17,20-21,23,25,29,31,42-44H,6-7,9,11-13,18-19,22,24,26-28,30,32-41H2,1-5H3/p+1/b10-8-,16-14-,17-15-,21-20-,25-23-,31-29-/t42-,43?,44?/m1/s1. The fraction of sp³-hybridized carbons (Fsp3) is 0.696. The summed E-state index contributed by atoms with van der Waals surface area (Å²) in [7, 11) is 1.40. The van der Waals surface area contributed by atoms with E-state index in [0.29, 0.717) is 23.9 Å². The second-order valence-corrected chi connectivity index (χ2v) is 17.2. The number of unbranched alkanes of at least 4 members (excludes halogenated alkanes) is 8. The number of esters is 2. The van der Waals surface area contributed by atoms with E-state index in [1.165, 1.54) is 19.3 Å². The largest absolute Gasteiger partial charge is 0.472 e. The molecule has 1 N–H and O–H groups in total. The maximum absolute atomic E-state index is 12.8. The SMILES string of the molecule is CC/C=C\C/C=C\C/C=C\CCCCCCCC(=O)OC[C@H](COP(=O)(O)OCC[N+](C)(C)C)OC(=O)CCCC1OC1C/C=C\C/C=C\C/C=C\CCCCC. The molecule has 4 atom stereocenters. The lowest BCUT2D eigenvalue weighted by molar-refractivity contribution is -0.870. The maximum atomic E-state index is 12.8. The molecule has 326 valence electrons. The van der Waals surface area contributed by atoms with Gasteiger partial charge in [0.15, 0.2) is 6.10 Å². The van der Waals surface area contributed by atoms with Crippen LogP contribution in [0, 0.1) is 0 Å². The van der Waals surface area contributed by atoms with Crippen molar-refractivity contribution in [3.05, 3.63) is 72.9 Å². The fourth-order valence-electron chi connectivity index (χ4n) is 5.64. The van der Waals surface area contributed by atoms with Crippen LogP contribution < -0.4 is 0 Å². The molecule has 0 radical (unpaired) electrons. The predicted octanol–water partition coefficient (Wildman–Crippen LogP) is 11.2. The second kappa shape index (κ2) is 34.3. The highest BCUT2D eigenvalue weighted by Crippen LogP contribution is 2.43. The van der Waals surface area contributed by atoms with Gasteiger partial charge >= 0.3 is 19.8 Å². The van der Waals surface area contributed by atoms with Crippen molar-refractivity contribution in [2.45, 2.75) is 161 Å². The van der Waals surface area contributed by atoms with Gasteiger partial charge in [0.2, 0.25) is 0 Å². The van der Waals surface area contributed by atoms with Crippen molar-refractivity contribution < 1.29 is 46.8 Å². The Morgan fingerprint density at radius 2 is 1.23 bits per heavy atom. The van der Waals surface area contributed by atoms with Crippen molar-refractivity contribution in [3.63, 3.8) is 0 Å². The Morgan fingerprint density at radius 3 is 1.86 bits per heavy atom. The number of ether oxygens (including phenoxy) is 3. The van der Waals surface area contributed by atoms with Gasteiger partial charge in [-0.25, -0.2) is 4.57 Å². The zero-order valence-electron chi connectivity index (χ0n) is 36.2. The Hall–Kier alpha value is -2.59. The Bertz CT molecular complexity index is 1270. The number of hydrogen-bond acceptors (Lipinski definition) is 8. The minimum Gasteiger partial charge on any atom is -0.462 e. The number of carbonyl (C=O) groups is 2. The summed E-state index contributed by atoms with van der Waals surface area (Å²) in [6.45, 7) is 4.15. The number of likely N-dealkylation sites (N-methyl/N-ethyl adjacent to an activating group) is 1. The van der Waals surface area contributed by atoms with Crippen LogP contribution in [0.2, 0.25) is 0 Å². The van der Waals surface area contributed by atoms with Crippen LogP contribution in [0.3, 0.4) is 0 Å². The van der Waals surface area contributed by atoms with E-state index < -0.39 is 32.5 Å². The van der Waals surface area contributed by atoms with E-state index in [0.717, 1.165) is 83.5 Å². The number of hydrogen-bond donors (Lipinski definition) is 1. The second-order valence-electron chi connectivity index (χ2n) is 15.7. The number of nitrogens with zero attached hydrogens (tertiary/aromatic N) is 1. The molecule has 1 saturated heterocycles. The van der Waals surface area contributed by atoms with Crippen molar-refractivity contribution in [2.24, 2.45) is 0 Å². The average Bonchev–Trinajstić information content (AvgIpc) is 3.91. The van der Waals surface area contributed by atoms with Crippen molar-refractivity contribution in [2.75, 3.05) is 47.5 Å². The monoisotopic (exact) mass is 821 g/mol. The van der Waals surface area contributed by atoms with E-state index in [-0.39, 0.29) is 38.3 Å². The van der Waals surface area contributed by atoms with Crippen LogP contribution in [0.15, 0.2) is 72.9 Å². The summed E-state index contributed by atoms with van der Waals surface area (Å²) in [5, 5.41) is 0. The van der Waals surface area contributed by atoms with Crippen LogP contribution in [0.1, 0.15) is 142 Å². The van der Waals surface area contributed by atoms with Crippen LogP contribution in [-0.4, -0.2) is 87.1 Å². The molecule has 57 heavy (non-hydrogen) atoms. The smallest absolute Gasteiger partial charge is 0.462 e. The number of epoxide rings is 1. The normalized spacial score (nSPS) is 17.9. The lowest BCUT2D eigenvalue weighted by Crippen LogP contribution is -2.37. The quantitative estimate of drug-likeness (QED) is 0.0163. The van der Waals surface area contributed by atoms with Gasteiger partial charge in [0.05, 0.1) is 40.0 Å². The van der Waals surface area contributed by atoms with Gasteiger partial charge < -0.3 is 23.6 Å². The van der Waals surface area contributed by atoms with Crippen LogP contribution >= 0.6 is 7.82 Å². The number of carbonyl (C=O) groups excluding carboxylic acids is 2. The molecule has 1 aliphatic rings. The van der Waals surface area contributed by atoms with Gasteiger partial charge in [-0.05, 0) is 83.5 Å². The first-order valence-corrected chi connectivity index (χ1v) is 23.3. The molecular formula is C46H79NO9P+. The summed E-state index contributed by atoms with van der Waals surface area (Å²) in [6.07, 6.45) is 44.0. The number of allylic oxidation sites excluding steroid dienone is 11. The minimum atomic E-state index is -4.41. The summed E-state index contributed by atoms with van der Waals surface area (Å²) >= 11 is 0. The first-order chi connectivity index (χ1) is 27.5. The maximum Gasteiger partial charge on any atom is 0.472 e. The highest BCUT2D eigenvalue weighted by molar-refractivity contribution is 7.47. The van der Waals surface area contributed by atoms with E-state index in [1.54, 1.807) is 0 Å². The zero-order valence-corrected chi connectivity index (χ0v) is 37.1. The number of phosphoric ester groups is 1. The van der Waals surface area contributed by atoms with Crippen LogP contribution in [0.25, 0.3) is 0 Å². The number of quaternary nitrogens is 1. The molecule has 1 rings (SSSR count). The molecule has 0 aromatic carbocycles. The molecule has 0 amide bonds. The summed E-state index contributed by atoms with van der Waals surface area (Å²) < 4.78 is 40.1. The van der Waals surface area contributed by atoms with E-state index in [9.17, 15) is 19.0 Å². The molecule has 0 aliphatic carbocycles. The zero-order chi connectivity index (χ0) is 41.9. The molecule has 1 heterocycles. The molecule has 3 unspecified atom stereocenters. The van der Waals surface area contributed by atoms with Crippen LogP contribution in [0.5, 0.6) is 0 Å². The molecule has 11 heteroatoms. The predicted molar refractivity (Wildman–Crippen MR) is 233 cm³/mol. The third-order valence-corrected chi connectivity index (χ3v) is 10.1. The van der Waals surface area contributed by atoms with Gasteiger partial charge in [-0.3, -0.25) is 18.6 Å². The molecule has 10 nitrogen and oxygen atoms in total.